The highest BCUT2D eigenvalue weighted by molar-refractivity contribution is 5.40. The highest BCUT2D eigenvalue weighted by atomic mass is 16.3. The van der Waals surface area contributed by atoms with E-state index in [1.807, 2.05) is 6.07 Å². The van der Waals surface area contributed by atoms with Crippen LogP contribution < -0.4 is 5.32 Å². The minimum Gasteiger partial charge on any atom is -0.504 e. The van der Waals surface area contributed by atoms with Crippen LogP contribution in [-0.4, -0.2) is 40.8 Å². The van der Waals surface area contributed by atoms with E-state index in [0.29, 0.717) is 6.04 Å². The van der Waals surface area contributed by atoms with Crippen LogP contribution in [0.3, 0.4) is 0 Å². The summed E-state index contributed by atoms with van der Waals surface area (Å²) >= 11 is 0. The zero-order valence-electron chi connectivity index (χ0n) is 10.9. The number of nitrogens with one attached hydrogen (secondary N) is 1. The van der Waals surface area contributed by atoms with Gasteiger partial charge in [0.05, 0.1) is 0 Å². The van der Waals surface area contributed by atoms with E-state index < -0.39 is 0 Å². The smallest absolute Gasteiger partial charge is 0.157 e. The molecular weight excluding hydrogens is 228 g/mol. The number of piperidine rings is 1. The summed E-state index contributed by atoms with van der Waals surface area (Å²) in [4.78, 5) is 2.45. The Morgan fingerprint density at radius 3 is 2.89 bits per heavy atom. The highest BCUT2D eigenvalue weighted by Gasteiger charge is 2.17. The normalized spacial score (nSPS) is 21.1. The summed E-state index contributed by atoms with van der Waals surface area (Å²) in [6.07, 6.45) is 2.45. The van der Waals surface area contributed by atoms with Crippen LogP contribution >= 0.6 is 0 Å². The van der Waals surface area contributed by atoms with Crippen molar-refractivity contribution in [3.05, 3.63) is 23.8 Å². The van der Waals surface area contributed by atoms with Crippen LogP contribution in [0.15, 0.2) is 18.2 Å². The third-order valence-electron chi connectivity index (χ3n) is 3.59. The molecule has 1 aliphatic rings. The second-order valence-electron chi connectivity index (χ2n) is 4.94. The van der Waals surface area contributed by atoms with Crippen LogP contribution in [0.1, 0.15) is 25.3 Å². The van der Waals surface area contributed by atoms with Crippen LogP contribution in [-0.2, 0) is 6.54 Å². The van der Waals surface area contributed by atoms with Gasteiger partial charge in [-0.3, -0.25) is 0 Å². The van der Waals surface area contributed by atoms with Gasteiger partial charge in [0, 0.05) is 19.1 Å². The number of phenols is 2. The van der Waals surface area contributed by atoms with Crippen LogP contribution in [0, 0.1) is 0 Å². The van der Waals surface area contributed by atoms with Crippen molar-refractivity contribution in [2.45, 2.75) is 32.4 Å². The van der Waals surface area contributed by atoms with Gasteiger partial charge in [0.1, 0.15) is 0 Å². The Bertz CT molecular complexity index is 395. The third kappa shape index (κ3) is 3.37. The number of likely N-dealkylation sites (tertiary alicyclic amines) is 1. The fraction of sp³-hybridized carbons (Fsp3) is 0.571. The van der Waals surface area contributed by atoms with Crippen LogP contribution in [0.5, 0.6) is 11.5 Å². The van der Waals surface area contributed by atoms with Gasteiger partial charge in [-0.05, 0) is 43.6 Å². The monoisotopic (exact) mass is 250 g/mol. The molecule has 1 atom stereocenters. The molecule has 2 rings (SSSR count). The molecule has 0 spiro atoms. The van der Waals surface area contributed by atoms with Crippen molar-refractivity contribution < 1.29 is 10.2 Å². The number of likely N-dealkylation sites (N-methyl/N-ethyl adjacent to an activating group) is 1. The molecule has 1 unspecified atom stereocenters. The molecule has 1 aliphatic heterocycles. The molecule has 0 saturated carbocycles. The summed E-state index contributed by atoms with van der Waals surface area (Å²) in [6, 6.07) is 5.51. The van der Waals surface area contributed by atoms with E-state index in [2.05, 4.69) is 17.1 Å². The summed E-state index contributed by atoms with van der Waals surface area (Å²) in [5, 5.41) is 22.2. The number of nitrogens with zero attached hydrogens (tertiary/aromatic N) is 1. The molecule has 0 aliphatic carbocycles. The lowest BCUT2D eigenvalue weighted by Gasteiger charge is -2.32. The molecular formula is C14H22N2O2. The van der Waals surface area contributed by atoms with Crippen molar-refractivity contribution in [1.82, 2.24) is 10.2 Å². The predicted molar refractivity (Wildman–Crippen MR) is 71.7 cm³/mol. The Morgan fingerprint density at radius 2 is 2.17 bits per heavy atom. The Labute approximate surface area is 108 Å². The van der Waals surface area contributed by atoms with Crippen molar-refractivity contribution in [2.24, 2.45) is 0 Å². The van der Waals surface area contributed by atoms with Gasteiger partial charge >= 0.3 is 0 Å². The minimum absolute atomic E-state index is 0.0480. The number of aromatic hydroxyl groups is 2. The van der Waals surface area contributed by atoms with E-state index in [0.717, 1.165) is 25.2 Å². The number of hydrogen-bond acceptors (Lipinski definition) is 4. The topological polar surface area (TPSA) is 55.7 Å². The molecule has 0 aromatic heterocycles. The van der Waals surface area contributed by atoms with E-state index in [9.17, 15) is 10.2 Å². The summed E-state index contributed by atoms with van der Waals surface area (Å²) < 4.78 is 0. The zero-order valence-corrected chi connectivity index (χ0v) is 10.9. The molecule has 1 fully saturated rings. The summed E-state index contributed by atoms with van der Waals surface area (Å²) in [5.74, 6) is -0.110. The maximum atomic E-state index is 9.43. The van der Waals surface area contributed by atoms with Crippen LogP contribution in [0.4, 0.5) is 0 Å². The van der Waals surface area contributed by atoms with Gasteiger partial charge in [-0.2, -0.15) is 0 Å². The molecule has 0 radical (unpaired) electrons. The molecule has 1 aromatic carbocycles. The lowest BCUT2D eigenvalue weighted by Crippen LogP contribution is -2.45. The molecule has 100 valence electrons. The number of hydrogen-bond donors (Lipinski definition) is 3. The lowest BCUT2D eigenvalue weighted by molar-refractivity contribution is 0.198. The van der Waals surface area contributed by atoms with Gasteiger partial charge in [-0.1, -0.05) is 13.0 Å². The molecule has 1 heterocycles. The maximum Gasteiger partial charge on any atom is 0.157 e. The van der Waals surface area contributed by atoms with E-state index in [1.54, 1.807) is 6.07 Å². The summed E-state index contributed by atoms with van der Waals surface area (Å²) in [7, 11) is 0. The second kappa shape index (κ2) is 6.07. The standard InChI is InChI=1S/C14H22N2O2/c1-2-16-7-3-4-12(10-16)15-9-11-5-6-13(17)14(18)8-11/h5-6,8,12,15,17-18H,2-4,7,9-10H2,1H3. The van der Waals surface area contributed by atoms with E-state index in [4.69, 9.17) is 0 Å². The van der Waals surface area contributed by atoms with Gasteiger partial charge < -0.3 is 20.4 Å². The van der Waals surface area contributed by atoms with Gasteiger partial charge in [0.25, 0.3) is 0 Å². The first-order valence-electron chi connectivity index (χ1n) is 6.65. The first-order chi connectivity index (χ1) is 8.69. The average Bonchev–Trinajstić information content (AvgIpc) is 2.40. The predicted octanol–water partition coefficient (Wildman–Crippen LogP) is 1.67. The molecule has 0 amide bonds. The van der Waals surface area contributed by atoms with Crippen molar-refractivity contribution in [2.75, 3.05) is 19.6 Å². The maximum absolute atomic E-state index is 9.43. The second-order valence-corrected chi connectivity index (χ2v) is 4.94. The van der Waals surface area contributed by atoms with Crippen molar-refractivity contribution in [3.8, 4) is 11.5 Å². The van der Waals surface area contributed by atoms with Crippen molar-refractivity contribution in [1.29, 1.82) is 0 Å². The van der Waals surface area contributed by atoms with Gasteiger partial charge in [-0.25, -0.2) is 0 Å². The Balaban J connectivity index is 1.85. The molecule has 4 heteroatoms. The Hall–Kier alpha value is -1.26. The fourth-order valence-electron chi connectivity index (χ4n) is 2.45. The average molecular weight is 250 g/mol. The van der Waals surface area contributed by atoms with E-state index in [1.165, 1.54) is 25.5 Å². The number of rotatable bonds is 4. The molecule has 4 nitrogen and oxygen atoms in total. The van der Waals surface area contributed by atoms with Gasteiger partial charge in [0.15, 0.2) is 11.5 Å². The summed E-state index contributed by atoms with van der Waals surface area (Å²) in [5.41, 5.74) is 0.999. The van der Waals surface area contributed by atoms with Crippen LogP contribution in [0.25, 0.3) is 0 Å². The molecule has 1 aromatic rings. The quantitative estimate of drug-likeness (QED) is 0.712. The Kier molecular flexibility index (Phi) is 4.44. The Morgan fingerprint density at radius 1 is 1.33 bits per heavy atom. The molecule has 18 heavy (non-hydrogen) atoms. The fourth-order valence-corrected chi connectivity index (χ4v) is 2.45. The molecule has 1 saturated heterocycles. The van der Waals surface area contributed by atoms with E-state index >= 15 is 0 Å². The first kappa shape index (κ1) is 13.2. The molecule has 3 N–H and O–H groups in total. The summed E-state index contributed by atoms with van der Waals surface area (Å²) in [6.45, 7) is 6.34. The number of benzene rings is 1. The molecule has 0 bridgehead atoms. The van der Waals surface area contributed by atoms with Crippen molar-refractivity contribution >= 4 is 0 Å². The van der Waals surface area contributed by atoms with Crippen molar-refractivity contribution in [3.63, 3.8) is 0 Å². The first-order valence-corrected chi connectivity index (χ1v) is 6.65. The SMILES string of the molecule is CCN1CCCC(NCc2ccc(O)c(O)c2)C1. The lowest BCUT2D eigenvalue weighted by atomic mass is 10.1. The van der Waals surface area contributed by atoms with E-state index in [-0.39, 0.29) is 11.5 Å². The number of phenolic OH excluding ortho intramolecular Hbond substituents is 2. The highest BCUT2D eigenvalue weighted by Crippen LogP contribution is 2.24. The minimum atomic E-state index is -0.0615. The van der Waals surface area contributed by atoms with Crippen LogP contribution in [0.2, 0.25) is 0 Å². The third-order valence-corrected chi connectivity index (χ3v) is 3.59. The zero-order chi connectivity index (χ0) is 13.0. The van der Waals surface area contributed by atoms with Gasteiger partial charge in [0.2, 0.25) is 0 Å². The van der Waals surface area contributed by atoms with Gasteiger partial charge in [-0.15, -0.1) is 0 Å². The largest absolute Gasteiger partial charge is 0.504 e.